The summed E-state index contributed by atoms with van der Waals surface area (Å²) in [5, 5.41) is 12.3. The second-order valence-electron chi connectivity index (χ2n) is 5.06. The molecule has 0 spiro atoms. The molecule has 0 saturated heterocycles. The maximum absolute atomic E-state index is 11.8. The van der Waals surface area contributed by atoms with Crippen LogP contribution in [0.25, 0.3) is 0 Å². The maximum atomic E-state index is 11.8. The molecule has 1 amide bonds. The van der Waals surface area contributed by atoms with Gasteiger partial charge in [0.1, 0.15) is 10.8 Å². The topological polar surface area (TPSA) is 64.1 Å². The van der Waals surface area contributed by atoms with Crippen molar-refractivity contribution in [2.75, 3.05) is 11.9 Å². The third-order valence-electron chi connectivity index (χ3n) is 2.64. The molecule has 0 atom stereocenters. The molecule has 2 rings (SSSR count). The smallest absolute Gasteiger partial charge is 0.229 e. The van der Waals surface area contributed by atoms with Crippen LogP contribution in [0.4, 0.5) is 5.13 Å². The quantitative estimate of drug-likeness (QED) is 0.853. The molecule has 0 bridgehead atoms. The lowest BCUT2D eigenvalue weighted by Gasteiger charge is -2.05. The van der Waals surface area contributed by atoms with E-state index in [0.717, 1.165) is 17.2 Å². The van der Waals surface area contributed by atoms with Crippen molar-refractivity contribution in [2.24, 2.45) is 5.92 Å². The molecule has 1 heterocycles. The first-order valence-corrected chi connectivity index (χ1v) is 7.75. The molecule has 2 aromatic rings. The second kappa shape index (κ2) is 7.73. The number of ether oxygens (including phenoxy) is 1. The standard InChI is InChI=1S/C15H19N3O2S/c1-11(2)10-14-17-18-15(21-14)16-13(19)8-9-20-12-6-4-3-5-7-12/h3-7,11H,8-10H2,1-2H3,(H,16,18,19). The SMILES string of the molecule is CC(C)Cc1nnc(NC(=O)CCOc2ccccc2)s1. The molecule has 0 aliphatic rings. The number of aromatic nitrogens is 2. The molecule has 1 aromatic carbocycles. The van der Waals surface area contributed by atoms with Crippen LogP contribution in [0, 0.1) is 5.92 Å². The fraction of sp³-hybridized carbons (Fsp3) is 0.400. The number of carbonyl (C=O) groups is 1. The molecule has 0 fully saturated rings. The Bertz CT molecular complexity index is 569. The van der Waals surface area contributed by atoms with Crippen molar-refractivity contribution in [3.8, 4) is 5.75 Å². The van der Waals surface area contributed by atoms with Gasteiger partial charge in [-0.2, -0.15) is 0 Å². The maximum Gasteiger partial charge on any atom is 0.229 e. The highest BCUT2D eigenvalue weighted by molar-refractivity contribution is 7.15. The molecule has 0 saturated carbocycles. The number of para-hydroxylation sites is 1. The number of rotatable bonds is 7. The minimum Gasteiger partial charge on any atom is -0.493 e. The number of nitrogens with one attached hydrogen (secondary N) is 1. The molecule has 21 heavy (non-hydrogen) atoms. The van der Waals surface area contributed by atoms with Crippen molar-refractivity contribution in [3.05, 3.63) is 35.3 Å². The van der Waals surface area contributed by atoms with Gasteiger partial charge in [-0.3, -0.25) is 4.79 Å². The van der Waals surface area contributed by atoms with E-state index in [2.05, 4.69) is 29.4 Å². The zero-order chi connectivity index (χ0) is 15.1. The van der Waals surface area contributed by atoms with Gasteiger partial charge >= 0.3 is 0 Å². The summed E-state index contributed by atoms with van der Waals surface area (Å²) in [5.74, 6) is 1.18. The summed E-state index contributed by atoms with van der Waals surface area (Å²) < 4.78 is 5.48. The van der Waals surface area contributed by atoms with E-state index in [1.54, 1.807) is 0 Å². The fourth-order valence-electron chi connectivity index (χ4n) is 1.70. The lowest BCUT2D eigenvalue weighted by molar-refractivity contribution is -0.116. The monoisotopic (exact) mass is 305 g/mol. The molecule has 1 aromatic heterocycles. The lowest BCUT2D eigenvalue weighted by atomic mass is 10.1. The van der Waals surface area contributed by atoms with Crippen LogP contribution >= 0.6 is 11.3 Å². The summed E-state index contributed by atoms with van der Waals surface area (Å²) in [6.07, 6.45) is 1.17. The molecule has 0 aliphatic carbocycles. The van der Waals surface area contributed by atoms with Gasteiger partial charge in [-0.15, -0.1) is 10.2 Å². The first kappa shape index (κ1) is 15.4. The Morgan fingerprint density at radius 3 is 2.76 bits per heavy atom. The molecule has 1 N–H and O–H groups in total. The summed E-state index contributed by atoms with van der Waals surface area (Å²) in [6, 6.07) is 9.44. The Morgan fingerprint density at radius 2 is 2.05 bits per heavy atom. The van der Waals surface area contributed by atoms with E-state index in [1.165, 1.54) is 11.3 Å². The van der Waals surface area contributed by atoms with Gasteiger partial charge in [0.05, 0.1) is 13.0 Å². The van der Waals surface area contributed by atoms with Gasteiger partial charge in [0.25, 0.3) is 0 Å². The number of amides is 1. The van der Waals surface area contributed by atoms with E-state index in [1.807, 2.05) is 30.3 Å². The number of anilines is 1. The highest BCUT2D eigenvalue weighted by Crippen LogP contribution is 2.18. The number of hydrogen-bond acceptors (Lipinski definition) is 5. The molecule has 0 unspecified atom stereocenters. The van der Waals surface area contributed by atoms with Crippen LogP contribution in [-0.2, 0) is 11.2 Å². The van der Waals surface area contributed by atoms with Gasteiger partial charge in [0.2, 0.25) is 11.0 Å². The van der Waals surface area contributed by atoms with E-state index in [-0.39, 0.29) is 12.3 Å². The normalized spacial score (nSPS) is 10.6. The van der Waals surface area contributed by atoms with Gasteiger partial charge in [-0.25, -0.2) is 0 Å². The summed E-state index contributed by atoms with van der Waals surface area (Å²) in [6.45, 7) is 4.59. The zero-order valence-electron chi connectivity index (χ0n) is 12.2. The third-order valence-corrected chi connectivity index (χ3v) is 3.50. The van der Waals surface area contributed by atoms with Crippen molar-refractivity contribution in [1.82, 2.24) is 10.2 Å². The van der Waals surface area contributed by atoms with Crippen LogP contribution < -0.4 is 10.1 Å². The summed E-state index contributed by atoms with van der Waals surface area (Å²) in [7, 11) is 0. The Morgan fingerprint density at radius 1 is 1.29 bits per heavy atom. The minimum absolute atomic E-state index is 0.113. The molecule has 112 valence electrons. The highest BCUT2D eigenvalue weighted by atomic mass is 32.1. The summed E-state index contributed by atoms with van der Waals surface area (Å²) >= 11 is 1.42. The predicted molar refractivity (Wildman–Crippen MR) is 83.6 cm³/mol. The van der Waals surface area contributed by atoms with E-state index in [9.17, 15) is 4.79 Å². The van der Waals surface area contributed by atoms with Crippen LogP contribution in [0.15, 0.2) is 30.3 Å². The number of carbonyl (C=O) groups excluding carboxylic acids is 1. The Hall–Kier alpha value is -1.95. The van der Waals surface area contributed by atoms with Gasteiger partial charge in [0, 0.05) is 6.42 Å². The second-order valence-corrected chi connectivity index (χ2v) is 6.12. The zero-order valence-corrected chi connectivity index (χ0v) is 13.0. The van der Waals surface area contributed by atoms with Crippen molar-refractivity contribution in [2.45, 2.75) is 26.7 Å². The van der Waals surface area contributed by atoms with Crippen molar-refractivity contribution >= 4 is 22.4 Å². The number of hydrogen-bond donors (Lipinski definition) is 1. The molecule has 6 heteroatoms. The van der Waals surface area contributed by atoms with E-state index >= 15 is 0 Å². The fourth-order valence-corrected chi connectivity index (χ4v) is 2.66. The summed E-state index contributed by atoms with van der Waals surface area (Å²) in [5.41, 5.74) is 0. The first-order valence-electron chi connectivity index (χ1n) is 6.93. The largest absolute Gasteiger partial charge is 0.493 e. The molecular weight excluding hydrogens is 286 g/mol. The average molecular weight is 305 g/mol. The predicted octanol–water partition coefficient (Wildman–Crippen LogP) is 3.14. The van der Waals surface area contributed by atoms with Crippen molar-refractivity contribution in [1.29, 1.82) is 0 Å². The van der Waals surface area contributed by atoms with E-state index in [4.69, 9.17) is 4.74 Å². The lowest BCUT2D eigenvalue weighted by Crippen LogP contribution is -2.15. The average Bonchev–Trinajstić information content (AvgIpc) is 2.86. The molecule has 5 nitrogen and oxygen atoms in total. The van der Waals surface area contributed by atoms with Gasteiger partial charge < -0.3 is 10.1 Å². The van der Waals surface area contributed by atoms with Gasteiger partial charge in [0.15, 0.2) is 0 Å². The molecule has 0 radical (unpaired) electrons. The van der Waals surface area contributed by atoms with E-state index in [0.29, 0.717) is 17.7 Å². The van der Waals surface area contributed by atoms with Crippen LogP contribution in [-0.4, -0.2) is 22.7 Å². The van der Waals surface area contributed by atoms with Gasteiger partial charge in [-0.1, -0.05) is 43.4 Å². The molecular formula is C15H19N3O2S. The van der Waals surface area contributed by atoms with Crippen LogP contribution in [0.3, 0.4) is 0 Å². The van der Waals surface area contributed by atoms with Crippen LogP contribution in [0.5, 0.6) is 5.75 Å². The van der Waals surface area contributed by atoms with Crippen molar-refractivity contribution < 1.29 is 9.53 Å². The first-order chi connectivity index (χ1) is 10.1. The minimum atomic E-state index is -0.113. The summed E-state index contributed by atoms with van der Waals surface area (Å²) in [4.78, 5) is 11.8. The molecule has 0 aliphatic heterocycles. The van der Waals surface area contributed by atoms with Crippen LogP contribution in [0.1, 0.15) is 25.3 Å². The van der Waals surface area contributed by atoms with Crippen molar-refractivity contribution in [3.63, 3.8) is 0 Å². The Balaban J connectivity index is 1.73. The Labute approximate surface area is 128 Å². The number of benzene rings is 1. The number of nitrogens with zero attached hydrogens (tertiary/aromatic N) is 2. The Kier molecular flexibility index (Phi) is 5.68. The van der Waals surface area contributed by atoms with E-state index < -0.39 is 0 Å². The van der Waals surface area contributed by atoms with Crippen LogP contribution in [0.2, 0.25) is 0 Å². The third kappa shape index (κ3) is 5.51. The van der Waals surface area contributed by atoms with Gasteiger partial charge in [-0.05, 0) is 18.1 Å². The highest BCUT2D eigenvalue weighted by Gasteiger charge is 2.09.